The van der Waals surface area contributed by atoms with Crippen LogP contribution in [0.4, 0.5) is 0 Å². The predicted octanol–water partition coefficient (Wildman–Crippen LogP) is 0.708. The molecule has 1 saturated heterocycles. The molecule has 1 N–H and O–H groups in total. The molecule has 0 aromatic heterocycles. The van der Waals surface area contributed by atoms with Crippen molar-refractivity contribution in [2.24, 2.45) is 0 Å². The van der Waals surface area contributed by atoms with Gasteiger partial charge in [-0.25, -0.2) is 0 Å². The van der Waals surface area contributed by atoms with Gasteiger partial charge in [-0.1, -0.05) is 6.42 Å². The molecule has 4 nitrogen and oxygen atoms in total. The van der Waals surface area contributed by atoms with Crippen LogP contribution in [0.5, 0.6) is 0 Å². The van der Waals surface area contributed by atoms with Crippen molar-refractivity contribution < 1.29 is 14.3 Å². The molecule has 1 fully saturated rings. The van der Waals surface area contributed by atoms with Crippen molar-refractivity contribution in [3.8, 4) is 0 Å². The fraction of sp³-hybridized carbons (Fsp3) is 0.900. The van der Waals surface area contributed by atoms with Crippen LogP contribution >= 0.6 is 0 Å². The van der Waals surface area contributed by atoms with E-state index in [1.54, 1.807) is 0 Å². The zero-order valence-electron chi connectivity index (χ0n) is 8.75. The zero-order valence-corrected chi connectivity index (χ0v) is 8.75. The molecule has 0 spiro atoms. The minimum atomic E-state index is -0.207. The Morgan fingerprint density at radius 2 is 2.36 bits per heavy atom. The number of rotatable bonds is 5. The number of ether oxygens (including phenoxy) is 2. The average molecular weight is 201 g/mol. The fourth-order valence-corrected chi connectivity index (χ4v) is 1.55. The van der Waals surface area contributed by atoms with Gasteiger partial charge in [0.25, 0.3) is 0 Å². The molecular weight excluding hydrogens is 182 g/mol. The van der Waals surface area contributed by atoms with Gasteiger partial charge in [-0.05, 0) is 19.4 Å². The Labute approximate surface area is 85.0 Å². The van der Waals surface area contributed by atoms with Crippen LogP contribution in [0.3, 0.4) is 0 Å². The minimum Gasteiger partial charge on any atom is -0.469 e. The smallest absolute Gasteiger partial charge is 0.307 e. The molecule has 0 bridgehead atoms. The Balaban J connectivity index is 1.94. The van der Waals surface area contributed by atoms with E-state index in [2.05, 4.69) is 10.1 Å². The molecule has 0 radical (unpaired) electrons. The van der Waals surface area contributed by atoms with Gasteiger partial charge >= 0.3 is 5.97 Å². The monoisotopic (exact) mass is 201 g/mol. The van der Waals surface area contributed by atoms with Crippen molar-refractivity contribution in [2.45, 2.75) is 31.7 Å². The maximum absolute atomic E-state index is 10.7. The number of methoxy groups -OCH3 is 1. The first-order chi connectivity index (χ1) is 6.83. The molecule has 1 unspecified atom stereocenters. The maximum atomic E-state index is 10.7. The molecule has 1 rings (SSSR count). The molecule has 14 heavy (non-hydrogen) atoms. The highest BCUT2D eigenvalue weighted by Crippen LogP contribution is 2.06. The van der Waals surface area contributed by atoms with Crippen LogP contribution in [-0.4, -0.2) is 38.9 Å². The molecule has 0 saturated carbocycles. The summed E-state index contributed by atoms with van der Waals surface area (Å²) in [7, 11) is 1.39. The molecule has 0 amide bonds. The topological polar surface area (TPSA) is 47.6 Å². The van der Waals surface area contributed by atoms with Crippen molar-refractivity contribution in [1.29, 1.82) is 0 Å². The molecule has 1 aliphatic rings. The third-order valence-electron chi connectivity index (χ3n) is 2.41. The van der Waals surface area contributed by atoms with Crippen LogP contribution in [0, 0.1) is 0 Å². The van der Waals surface area contributed by atoms with Gasteiger partial charge in [0.2, 0.25) is 0 Å². The van der Waals surface area contributed by atoms with Gasteiger partial charge in [0.1, 0.15) is 0 Å². The third kappa shape index (κ3) is 4.58. The molecule has 1 heterocycles. The van der Waals surface area contributed by atoms with E-state index in [0.29, 0.717) is 25.7 Å². The minimum absolute atomic E-state index is 0.207. The van der Waals surface area contributed by atoms with Gasteiger partial charge in [-0.3, -0.25) is 4.79 Å². The number of nitrogens with one attached hydrogen (secondary N) is 1. The molecule has 0 aliphatic carbocycles. The van der Waals surface area contributed by atoms with Gasteiger partial charge in [0.15, 0.2) is 0 Å². The molecule has 0 aromatic rings. The quantitative estimate of drug-likeness (QED) is 0.525. The van der Waals surface area contributed by atoms with E-state index >= 15 is 0 Å². The maximum Gasteiger partial charge on any atom is 0.307 e. The standard InChI is InChI=1S/C10H19NO3/c1-13-10(12)5-7-14-8-9-4-2-3-6-11-9/h9,11H,2-8H2,1H3. The summed E-state index contributed by atoms with van der Waals surface area (Å²) in [6.07, 6.45) is 4.07. The van der Waals surface area contributed by atoms with Gasteiger partial charge in [-0.2, -0.15) is 0 Å². The van der Waals surface area contributed by atoms with Crippen molar-refractivity contribution in [2.75, 3.05) is 26.9 Å². The first-order valence-electron chi connectivity index (χ1n) is 5.21. The first-order valence-corrected chi connectivity index (χ1v) is 5.21. The highest BCUT2D eigenvalue weighted by Gasteiger charge is 2.12. The number of esters is 1. The summed E-state index contributed by atoms with van der Waals surface area (Å²) in [6, 6.07) is 0.474. The van der Waals surface area contributed by atoms with Crippen molar-refractivity contribution in [1.82, 2.24) is 5.32 Å². The summed E-state index contributed by atoms with van der Waals surface area (Å²) in [5, 5.41) is 3.38. The lowest BCUT2D eigenvalue weighted by atomic mass is 10.1. The summed E-state index contributed by atoms with van der Waals surface area (Å²) in [5.41, 5.74) is 0. The Morgan fingerprint density at radius 1 is 1.50 bits per heavy atom. The largest absolute Gasteiger partial charge is 0.469 e. The molecule has 4 heteroatoms. The second-order valence-electron chi connectivity index (χ2n) is 3.55. The predicted molar refractivity (Wildman–Crippen MR) is 53.1 cm³/mol. The summed E-state index contributed by atoms with van der Waals surface area (Å²) in [6.45, 7) is 2.26. The van der Waals surface area contributed by atoms with E-state index in [9.17, 15) is 4.79 Å². The Hall–Kier alpha value is -0.610. The zero-order chi connectivity index (χ0) is 10.2. The third-order valence-corrected chi connectivity index (χ3v) is 2.41. The van der Waals surface area contributed by atoms with Gasteiger partial charge < -0.3 is 14.8 Å². The Kier molecular flexibility index (Phi) is 5.56. The van der Waals surface area contributed by atoms with Gasteiger partial charge in [-0.15, -0.1) is 0 Å². The van der Waals surface area contributed by atoms with E-state index in [0.717, 1.165) is 6.54 Å². The number of hydrogen-bond acceptors (Lipinski definition) is 4. The number of piperidine rings is 1. The SMILES string of the molecule is COC(=O)CCOCC1CCCCN1. The lowest BCUT2D eigenvalue weighted by Crippen LogP contribution is -2.37. The normalized spacial score (nSPS) is 21.9. The van der Waals surface area contributed by atoms with Crippen LogP contribution in [0.15, 0.2) is 0 Å². The van der Waals surface area contributed by atoms with Crippen LogP contribution in [-0.2, 0) is 14.3 Å². The van der Waals surface area contributed by atoms with Crippen LogP contribution in [0.1, 0.15) is 25.7 Å². The lowest BCUT2D eigenvalue weighted by Gasteiger charge is -2.22. The van der Waals surface area contributed by atoms with Crippen molar-refractivity contribution in [3.63, 3.8) is 0 Å². The van der Waals surface area contributed by atoms with E-state index in [-0.39, 0.29) is 5.97 Å². The van der Waals surface area contributed by atoms with Crippen molar-refractivity contribution >= 4 is 5.97 Å². The van der Waals surface area contributed by atoms with E-state index in [4.69, 9.17) is 4.74 Å². The van der Waals surface area contributed by atoms with Gasteiger partial charge in [0.05, 0.1) is 26.7 Å². The van der Waals surface area contributed by atoms with E-state index < -0.39 is 0 Å². The number of carbonyl (C=O) groups is 1. The van der Waals surface area contributed by atoms with Crippen LogP contribution in [0.2, 0.25) is 0 Å². The molecular formula is C10H19NO3. The summed E-state index contributed by atoms with van der Waals surface area (Å²) in [5.74, 6) is -0.207. The molecule has 1 atom stereocenters. The lowest BCUT2D eigenvalue weighted by molar-refractivity contribution is -0.141. The second-order valence-corrected chi connectivity index (χ2v) is 3.55. The Bertz CT molecular complexity index is 167. The summed E-state index contributed by atoms with van der Waals surface area (Å²) < 4.78 is 9.89. The van der Waals surface area contributed by atoms with Crippen LogP contribution in [0.25, 0.3) is 0 Å². The average Bonchev–Trinajstić information content (AvgIpc) is 2.25. The highest BCUT2D eigenvalue weighted by atomic mass is 16.5. The number of hydrogen-bond donors (Lipinski definition) is 1. The summed E-state index contributed by atoms with van der Waals surface area (Å²) in [4.78, 5) is 10.7. The summed E-state index contributed by atoms with van der Waals surface area (Å²) >= 11 is 0. The fourth-order valence-electron chi connectivity index (χ4n) is 1.55. The van der Waals surface area contributed by atoms with E-state index in [1.165, 1.54) is 26.4 Å². The van der Waals surface area contributed by atoms with Gasteiger partial charge in [0, 0.05) is 6.04 Å². The Morgan fingerprint density at radius 3 is 3.00 bits per heavy atom. The second kappa shape index (κ2) is 6.79. The highest BCUT2D eigenvalue weighted by molar-refractivity contribution is 5.69. The number of carbonyl (C=O) groups excluding carboxylic acids is 1. The van der Waals surface area contributed by atoms with E-state index in [1.807, 2.05) is 0 Å². The first kappa shape index (κ1) is 11.5. The van der Waals surface area contributed by atoms with Crippen LogP contribution < -0.4 is 5.32 Å². The molecule has 1 aliphatic heterocycles. The van der Waals surface area contributed by atoms with Crippen molar-refractivity contribution in [3.05, 3.63) is 0 Å². The molecule has 82 valence electrons. The molecule has 0 aromatic carbocycles.